The number of thioether (sulfide) groups is 1. The van der Waals surface area contributed by atoms with Gasteiger partial charge in [-0.3, -0.25) is 0 Å². The van der Waals surface area contributed by atoms with Gasteiger partial charge < -0.3 is 19.1 Å². The molecular weight excluding hydrogens is 456 g/mol. The van der Waals surface area contributed by atoms with Crippen LogP contribution in [0, 0.1) is 12.3 Å². The Balaban J connectivity index is 2.13. The SMILES string of the molecule is C#CCOc1c(Br)cc(C2C(C(=O)OCC)=C(C)N=C3SC=CN32)cc1OCC. The highest BCUT2D eigenvalue weighted by atomic mass is 79.9. The van der Waals surface area contributed by atoms with E-state index in [9.17, 15) is 4.79 Å². The van der Waals surface area contributed by atoms with Gasteiger partial charge in [0.2, 0.25) is 0 Å². The van der Waals surface area contributed by atoms with E-state index in [1.807, 2.05) is 42.5 Å². The number of rotatable bonds is 7. The van der Waals surface area contributed by atoms with E-state index < -0.39 is 6.04 Å². The maximum absolute atomic E-state index is 12.8. The van der Waals surface area contributed by atoms with Crippen LogP contribution in [0.5, 0.6) is 11.5 Å². The van der Waals surface area contributed by atoms with Crippen molar-refractivity contribution in [3.05, 3.63) is 45.0 Å². The van der Waals surface area contributed by atoms with Gasteiger partial charge in [-0.25, -0.2) is 9.79 Å². The summed E-state index contributed by atoms with van der Waals surface area (Å²) in [6.07, 6.45) is 7.25. The lowest BCUT2D eigenvalue weighted by Crippen LogP contribution is -2.34. The van der Waals surface area contributed by atoms with Gasteiger partial charge >= 0.3 is 5.97 Å². The maximum atomic E-state index is 12.8. The molecule has 0 aliphatic carbocycles. The molecule has 1 unspecified atom stereocenters. The molecule has 0 fully saturated rings. The van der Waals surface area contributed by atoms with Crippen LogP contribution in [0.15, 0.2) is 44.5 Å². The number of amidine groups is 1. The van der Waals surface area contributed by atoms with E-state index in [0.717, 1.165) is 10.7 Å². The molecule has 152 valence electrons. The minimum absolute atomic E-state index is 0.122. The number of benzene rings is 1. The summed E-state index contributed by atoms with van der Waals surface area (Å²) >= 11 is 5.07. The maximum Gasteiger partial charge on any atom is 0.338 e. The van der Waals surface area contributed by atoms with Crippen LogP contribution < -0.4 is 9.47 Å². The van der Waals surface area contributed by atoms with Gasteiger partial charge in [-0.05, 0) is 59.8 Å². The predicted octanol–water partition coefficient (Wildman–Crippen LogP) is 4.63. The minimum Gasteiger partial charge on any atom is -0.490 e. The number of aliphatic imine (C=N–C) groups is 1. The normalized spacial score (nSPS) is 17.6. The van der Waals surface area contributed by atoms with Crippen LogP contribution in [0.4, 0.5) is 0 Å². The van der Waals surface area contributed by atoms with Crippen molar-refractivity contribution in [3.8, 4) is 23.8 Å². The number of halogens is 1. The molecule has 2 aliphatic heterocycles. The first kappa shape index (κ1) is 21.3. The van der Waals surface area contributed by atoms with E-state index in [4.69, 9.17) is 20.6 Å². The molecule has 0 bridgehead atoms. The van der Waals surface area contributed by atoms with Crippen LogP contribution in [0.25, 0.3) is 0 Å². The number of nitrogens with zero attached hydrogens (tertiary/aromatic N) is 2. The van der Waals surface area contributed by atoms with E-state index >= 15 is 0 Å². The molecule has 3 rings (SSSR count). The van der Waals surface area contributed by atoms with Crippen molar-refractivity contribution in [2.45, 2.75) is 26.8 Å². The molecule has 1 atom stereocenters. The van der Waals surface area contributed by atoms with Crippen LogP contribution in [0.2, 0.25) is 0 Å². The summed E-state index contributed by atoms with van der Waals surface area (Å²) in [7, 11) is 0. The molecular formula is C21H21BrN2O4S. The van der Waals surface area contributed by atoms with E-state index in [-0.39, 0.29) is 19.2 Å². The standard InChI is InChI=1S/C21H21BrN2O4S/c1-5-9-28-19-15(22)11-14(12-16(19)26-6-2)18-17(20(25)27-7-3)13(4)23-21-24(18)8-10-29-21/h1,8,10-12,18H,6-7,9H2,2-4H3. The number of hydrogen-bond acceptors (Lipinski definition) is 7. The number of hydrogen-bond donors (Lipinski definition) is 0. The van der Waals surface area contributed by atoms with Gasteiger partial charge in [0.05, 0.1) is 35.0 Å². The number of allylic oxidation sites excluding steroid dienone is 1. The quantitative estimate of drug-likeness (QED) is 0.422. The first-order valence-corrected chi connectivity index (χ1v) is 10.8. The summed E-state index contributed by atoms with van der Waals surface area (Å²) in [4.78, 5) is 19.3. The molecule has 1 aromatic carbocycles. The van der Waals surface area contributed by atoms with Crippen LogP contribution >= 0.6 is 27.7 Å². The molecule has 8 heteroatoms. The molecule has 0 aromatic heterocycles. The van der Waals surface area contributed by atoms with Crippen LogP contribution in [0.1, 0.15) is 32.4 Å². The topological polar surface area (TPSA) is 60.4 Å². The third-order valence-corrected chi connectivity index (χ3v) is 5.62. The monoisotopic (exact) mass is 476 g/mol. The largest absolute Gasteiger partial charge is 0.490 e. The van der Waals surface area contributed by atoms with Gasteiger partial charge in [-0.2, -0.15) is 0 Å². The first-order valence-electron chi connectivity index (χ1n) is 9.12. The summed E-state index contributed by atoms with van der Waals surface area (Å²) in [6.45, 7) is 6.37. The van der Waals surface area contributed by atoms with Crippen molar-refractivity contribution in [2.24, 2.45) is 4.99 Å². The second kappa shape index (κ2) is 9.42. The smallest absolute Gasteiger partial charge is 0.338 e. The Morgan fingerprint density at radius 1 is 1.34 bits per heavy atom. The molecule has 6 nitrogen and oxygen atoms in total. The van der Waals surface area contributed by atoms with E-state index in [2.05, 4.69) is 26.8 Å². The highest BCUT2D eigenvalue weighted by Crippen LogP contribution is 2.45. The van der Waals surface area contributed by atoms with E-state index in [1.165, 1.54) is 11.8 Å². The molecule has 2 aliphatic rings. The van der Waals surface area contributed by atoms with Gasteiger partial charge in [0, 0.05) is 6.20 Å². The highest BCUT2D eigenvalue weighted by Gasteiger charge is 2.38. The summed E-state index contributed by atoms with van der Waals surface area (Å²) in [5.74, 6) is 3.15. The molecule has 0 saturated heterocycles. The fourth-order valence-corrected chi connectivity index (χ4v) is 4.53. The fourth-order valence-electron chi connectivity index (χ4n) is 3.16. The third-order valence-electron chi connectivity index (χ3n) is 4.26. The summed E-state index contributed by atoms with van der Waals surface area (Å²) in [5.41, 5.74) is 1.97. The number of ether oxygens (including phenoxy) is 3. The second-order valence-corrected chi connectivity index (χ2v) is 7.81. The van der Waals surface area contributed by atoms with Gasteiger partial charge in [0.25, 0.3) is 0 Å². The van der Waals surface area contributed by atoms with E-state index in [0.29, 0.717) is 33.8 Å². The Bertz CT molecular complexity index is 949. The Labute approximate surface area is 183 Å². The van der Waals surface area contributed by atoms with Gasteiger partial charge in [-0.15, -0.1) is 6.42 Å². The summed E-state index contributed by atoms with van der Waals surface area (Å²) in [5, 5.41) is 2.75. The molecule has 1 aromatic rings. The molecule has 29 heavy (non-hydrogen) atoms. The van der Waals surface area contributed by atoms with Crippen molar-refractivity contribution in [1.29, 1.82) is 0 Å². The molecule has 0 spiro atoms. The lowest BCUT2D eigenvalue weighted by Gasteiger charge is -2.33. The predicted molar refractivity (Wildman–Crippen MR) is 118 cm³/mol. The Morgan fingerprint density at radius 3 is 2.83 bits per heavy atom. The average Bonchev–Trinajstić information content (AvgIpc) is 3.14. The number of fused-ring (bicyclic) bond motifs is 1. The van der Waals surface area contributed by atoms with Crippen molar-refractivity contribution >= 4 is 38.8 Å². The Morgan fingerprint density at radius 2 is 2.14 bits per heavy atom. The average molecular weight is 477 g/mol. The Hall–Kier alpha value is -2.37. The molecule has 0 N–H and O–H groups in total. The highest BCUT2D eigenvalue weighted by molar-refractivity contribution is 9.10. The summed E-state index contributed by atoms with van der Waals surface area (Å²) < 4.78 is 17.5. The van der Waals surface area contributed by atoms with Gasteiger partial charge in [0.15, 0.2) is 16.7 Å². The van der Waals surface area contributed by atoms with Gasteiger partial charge in [0.1, 0.15) is 6.61 Å². The number of carbonyl (C=O) groups excluding carboxylic acids is 1. The lowest BCUT2D eigenvalue weighted by molar-refractivity contribution is -0.139. The van der Waals surface area contributed by atoms with Crippen molar-refractivity contribution < 1.29 is 19.0 Å². The zero-order valence-electron chi connectivity index (χ0n) is 16.4. The Kier molecular flexibility index (Phi) is 6.93. The number of carbonyl (C=O) groups is 1. The van der Waals surface area contributed by atoms with E-state index in [1.54, 1.807) is 6.92 Å². The molecule has 0 radical (unpaired) electrons. The fraction of sp³-hybridized carbons (Fsp3) is 0.333. The third kappa shape index (κ3) is 4.31. The molecule has 2 heterocycles. The minimum atomic E-state index is -0.398. The number of esters is 1. The van der Waals surface area contributed by atoms with Crippen molar-refractivity contribution in [3.63, 3.8) is 0 Å². The van der Waals surface area contributed by atoms with Crippen LogP contribution in [-0.4, -0.2) is 35.9 Å². The van der Waals surface area contributed by atoms with Crippen molar-refractivity contribution in [2.75, 3.05) is 19.8 Å². The van der Waals surface area contributed by atoms with Crippen LogP contribution in [-0.2, 0) is 9.53 Å². The zero-order valence-corrected chi connectivity index (χ0v) is 18.8. The molecule has 0 amide bonds. The first-order chi connectivity index (χ1) is 14.0. The summed E-state index contributed by atoms with van der Waals surface area (Å²) in [6, 6.07) is 3.38. The lowest BCUT2D eigenvalue weighted by atomic mass is 9.94. The second-order valence-electron chi connectivity index (χ2n) is 6.08. The van der Waals surface area contributed by atoms with Crippen molar-refractivity contribution in [1.82, 2.24) is 4.90 Å². The van der Waals surface area contributed by atoms with Crippen LogP contribution in [0.3, 0.4) is 0 Å². The van der Waals surface area contributed by atoms with Gasteiger partial charge in [-0.1, -0.05) is 17.7 Å². The molecule has 0 saturated carbocycles. The zero-order chi connectivity index (χ0) is 21.0. The number of terminal acetylenes is 1.